The van der Waals surface area contributed by atoms with Gasteiger partial charge < -0.3 is 0 Å². The van der Waals surface area contributed by atoms with Crippen LogP contribution < -0.4 is 4.57 Å². The Balaban J connectivity index is 2.88. The first-order chi connectivity index (χ1) is 6.02. The van der Waals surface area contributed by atoms with Gasteiger partial charge in [0.15, 0.2) is 0 Å². The van der Waals surface area contributed by atoms with Gasteiger partial charge in [-0.1, -0.05) is 0 Å². The second-order valence-electron chi connectivity index (χ2n) is 3.42. The monoisotopic (exact) mass is 201 g/mol. The molecule has 0 N–H and O–H groups in total. The number of imidazole rings is 1. The third kappa shape index (κ3) is 2.50. The zero-order chi connectivity index (χ0) is 10.0. The van der Waals surface area contributed by atoms with Crippen molar-refractivity contribution in [1.82, 2.24) is 13.7 Å². The first kappa shape index (κ1) is 10.6. The summed E-state index contributed by atoms with van der Waals surface area (Å²) in [6.07, 6.45) is 6.26. The molecule has 1 aromatic rings. The van der Waals surface area contributed by atoms with E-state index in [1.807, 2.05) is 7.05 Å². The molecule has 0 saturated carbocycles. The summed E-state index contributed by atoms with van der Waals surface area (Å²) in [4.78, 5) is 0. The highest BCUT2D eigenvalue weighted by atomic mass is 31.2. The van der Waals surface area contributed by atoms with E-state index < -0.39 is 8.37 Å². The Morgan fingerprint density at radius 1 is 1.15 bits per heavy atom. The Kier molecular flexibility index (Phi) is 3.42. The lowest BCUT2D eigenvalue weighted by Gasteiger charge is -2.24. The molecule has 5 heteroatoms. The van der Waals surface area contributed by atoms with E-state index in [4.69, 9.17) is 0 Å². The quantitative estimate of drug-likeness (QED) is 0.523. The molecule has 0 spiro atoms. The van der Waals surface area contributed by atoms with Gasteiger partial charge in [-0.25, -0.2) is 13.9 Å². The Morgan fingerprint density at radius 2 is 1.69 bits per heavy atom. The molecule has 13 heavy (non-hydrogen) atoms. The number of rotatable bonds is 3. The molecule has 1 heterocycles. The highest BCUT2D eigenvalue weighted by Crippen LogP contribution is 2.40. The molecule has 0 atom stereocenters. The van der Waals surface area contributed by atoms with Gasteiger partial charge in [-0.3, -0.25) is 0 Å². The smallest absolute Gasteiger partial charge is 0.239 e. The fourth-order valence-electron chi connectivity index (χ4n) is 1.31. The van der Waals surface area contributed by atoms with E-state index in [0.29, 0.717) is 0 Å². The van der Waals surface area contributed by atoms with Gasteiger partial charge in [0.1, 0.15) is 12.4 Å². The van der Waals surface area contributed by atoms with E-state index in [9.17, 15) is 0 Å². The van der Waals surface area contributed by atoms with Crippen molar-refractivity contribution in [3.63, 3.8) is 0 Å². The van der Waals surface area contributed by atoms with Crippen molar-refractivity contribution in [2.75, 3.05) is 28.2 Å². The Bertz CT molecular complexity index is 261. The largest absolute Gasteiger partial charge is 0.256 e. The zero-order valence-corrected chi connectivity index (χ0v) is 9.86. The van der Waals surface area contributed by atoms with E-state index in [2.05, 4.69) is 65.2 Å². The molecule has 0 saturated heterocycles. The number of nitrogens with zero attached hydrogens (tertiary/aromatic N) is 4. The highest BCUT2D eigenvalue weighted by molar-refractivity contribution is 7.50. The second kappa shape index (κ2) is 4.18. The van der Waals surface area contributed by atoms with E-state index in [1.54, 1.807) is 0 Å². The summed E-state index contributed by atoms with van der Waals surface area (Å²) in [5.74, 6) is 0. The number of hydrogen-bond donors (Lipinski definition) is 0. The van der Waals surface area contributed by atoms with Gasteiger partial charge in [0, 0.05) is 0 Å². The average molecular weight is 201 g/mol. The Labute approximate surface area is 81.3 Å². The van der Waals surface area contributed by atoms with Crippen molar-refractivity contribution in [2.24, 2.45) is 7.05 Å². The van der Waals surface area contributed by atoms with Crippen LogP contribution in [0.3, 0.4) is 0 Å². The molecule has 74 valence electrons. The van der Waals surface area contributed by atoms with Crippen LogP contribution in [0.4, 0.5) is 0 Å². The molecule has 0 aliphatic rings. The summed E-state index contributed by atoms with van der Waals surface area (Å²) in [7, 11) is 10.1. The van der Waals surface area contributed by atoms with Crippen LogP contribution in [-0.4, -0.2) is 41.9 Å². The van der Waals surface area contributed by atoms with Crippen LogP contribution in [0.2, 0.25) is 0 Å². The summed E-state index contributed by atoms with van der Waals surface area (Å²) < 4.78 is 8.75. The molecule has 0 unspecified atom stereocenters. The van der Waals surface area contributed by atoms with Crippen molar-refractivity contribution in [2.45, 2.75) is 0 Å². The van der Waals surface area contributed by atoms with Crippen LogP contribution in [0.5, 0.6) is 0 Å². The average Bonchev–Trinajstić information content (AvgIpc) is 2.34. The standard InChI is InChI=1S/C8H18N4P/c1-9(2)13(10(3)4)12-7-6-11(5)8-12/h6-8H,1-5H3/q+1. The van der Waals surface area contributed by atoms with E-state index in [0.717, 1.165) is 0 Å². The van der Waals surface area contributed by atoms with Crippen molar-refractivity contribution in [1.29, 1.82) is 0 Å². The SMILES string of the molecule is CN(C)P(N(C)C)n1cc[n+](C)c1. The fourth-order valence-corrected chi connectivity index (χ4v) is 3.29. The molecular formula is C8H18N4P+. The molecule has 0 aliphatic heterocycles. The van der Waals surface area contributed by atoms with Gasteiger partial charge in [-0.05, 0) is 28.2 Å². The maximum atomic E-state index is 2.23. The van der Waals surface area contributed by atoms with Crippen LogP contribution >= 0.6 is 8.37 Å². The first-order valence-corrected chi connectivity index (χ1v) is 5.40. The minimum absolute atomic E-state index is 0.390. The number of aryl methyl sites for hydroxylation is 1. The van der Waals surface area contributed by atoms with Gasteiger partial charge in [0.2, 0.25) is 6.33 Å². The van der Waals surface area contributed by atoms with Gasteiger partial charge in [-0.2, -0.15) is 4.34 Å². The third-order valence-electron chi connectivity index (χ3n) is 1.68. The molecule has 1 aromatic heterocycles. The van der Waals surface area contributed by atoms with Crippen LogP contribution in [0.15, 0.2) is 18.7 Å². The molecule has 0 bridgehead atoms. The number of aromatic nitrogens is 2. The van der Waals surface area contributed by atoms with E-state index in [1.165, 1.54) is 0 Å². The van der Waals surface area contributed by atoms with Gasteiger partial charge in [0.05, 0.1) is 7.05 Å². The van der Waals surface area contributed by atoms with Crippen molar-refractivity contribution in [3.8, 4) is 0 Å². The van der Waals surface area contributed by atoms with Crippen molar-refractivity contribution in [3.05, 3.63) is 18.7 Å². The maximum absolute atomic E-state index is 2.23. The molecule has 1 rings (SSSR count). The van der Waals surface area contributed by atoms with Crippen molar-refractivity contribution < 1.29 is 4.57 Å². The zero-order valence-electron chi connectivity index (χ0n) is 8.97. The predicted molar refractivity (Wildman–Crippen MR) is 55.3 cm³/mol. The topological polar surface area (TPSA) is 15.3 Å². The van der Waals surface area contributed by atoms with Crippen LogP contribution in [-0.2, 0) is 7.05 Å². The van der Waals surface area contributed by atoms with Gasteiger partial charge >= 0.3 is 0 Å². The van der Waals surface area contributed by atoms with Crippen molar-refractivity contribution >= 4 is 8.37 Å². The maximum Gasteiger partial charge on any atom is 0.256 e. The first-order valence-electron chi connectivity index (χ1n) is 4.20. The second-order valence-corrected chi connectivity index (χ2v) is 6.02. The number of hydrogen-bond acceptors (Lipinski definition) is 2. The molecule has 4 nitrogen and oxygen atoms in total. The van der Waals surface area contributed by atoms with Crippen LogP contribution in [0.1, 0.15) is 0 Å². The van der Waals surface area contributed by atoms with Crippen LogP contribution in [0.25, 0.3) is 0 Å². The Morgan fingerprint density at radius 3 is 2.00 bits per heavy atom. The minimum Gasteiger partial charge on any atom is -0.239 e. The summed E-state index contributed by atoms with van der Waals surface area (Å²) in [6.45, 7) is 0. The molecule has 0 fully saturated rings. The van der Waals surface area contributed by atoms with E-state index >= 15 is 0 Å². The molecule has 0 radical (unpaired) electrons. The predicted octanol–water partition coefficient (Wildman–Crippen LogP) is 0.511. The lowest BCUT2D eigenvalue weighted by molar-refractivity contribution is -0.670. The summed E-state index contributed by atoms with van der Waals surface area (Å²) in [6, 6.07) is 0. The van der Waals surface area contributed by atoms with E-state index in [-0.39, 0.29) is 0 Å². The summed E-state index contributed by atoms with van der Waals surface area (Å²) in [5.41, 5.74) is 0. The van der Waals surface area contributed by atoms with Crippen LogP contribution in [0, 0.1) is 0 Å². The lowest BCUT2D eigenvalue weighted by atomic mass is 10.9. The molecular weight excluding hydrogens is 183 g/mol. The third-order valence-corrected chi connectivity index (χ3v) is 3.76. The molecule has 0 amide bonds. The summed E-state index contributed by atoms with van der Waals surface area (Å²) in [5, 5.41) is 0. The van der Waals surface area contributed by atoms with Gasteiger partial charge in [0.25, 0.3) is 8.37 Å². The fraction of sp³-hybridized carbons (Fsp3) is 0.625. The summed E-state index contributed by atoms with van der Waals surface area (Å²) >= 11 is 0. The Hall–Kier alpha value is -0.440. The molecule has 0 aliphatic carbocycles. The van der Waals surface area contributed by atoms with Gasteiger partial charge in [-0.15, -0.1) is 0 Å². The molecule has 0 aromatic carbocycles. The highest BCUT2D eigenvalue weighted by Gasteiger charge is 2.22. The lowest BCUT2D eigenvalue weighted by Crippen LogP contribution is -2.26. The normalized spacial score (nSPS) is 12.0. The minimum atomic E-state index is -0.390.